The number of ketones is 1. The Hall–Kier alpha value is -2.55. The second-order valence-corrected chi connectivity index (χ2v) is 5.40. The maximum Gasteiger partial charge on any atom is 0.193 e. The monoisotopic (exact) mass is 296 g/mol. The highest BCUT2D eigenvalue weighted by Crippen LogP contribution is 2.23. The molecule has 22 heavy (non-hydrogen) atoms. The number of hydrogen-bond acceptors (Lipinski definition) is 3. The van der Waals surface area contributed by atoms with Crippen molar-refractivity contribution in [2.24, 2.45) is 0 Å². The quantitative estimate of drug-likeness (QED) is 0.849. The Bertz CT molecular complexity index is 674. The number of phenolic OH excluding ortho intramolecular Hbond substituents is 1. The summed E-state index contributed by atoms with van der Waals surface area (Å²) in [5.74, 6) is 0.874. The van der Waals surface area contributed by atoms with E-state index in [2.05, 4.69) is 0 Å². The molecule has 1 N–H and O–H groups in total. The van der Waals surface area contributed by atoms with Gasteiger partial charge in [-0.3, -0.25) is 4.79 Å². The molecular formula is C19H20O3. The lowest BCUT2D eigenvalue weighted by Crippen LogP contribution is -2.08. The number of carbonyl (C=O) groups is 1. The molecule has 2 aromatic carbocycles. The fourth-order valence-corrected chi connectivity index (χ4v) is 2.11. The Labute approximate surface area is 130 Å². The molecule has 2 aromatic rings. The molecule has 3 nitrogen and oxygen atoms in total. The minimum absolute atomic E-state index is 0.00953. The summed E-state index contributed by atoms with van der Waals surface area (Å²) in [7, 11) is 0. The maximum atomic E-state index is 11.8. The molecule has 0 amide bonds. The summed E-state index contributed by atoms with van der Waals surface area (Å²) in [6, 6.07) is 11.3. The van der Waals surface area contributed by atoms with Crippen LogP contribution in [-0.2, 0) is 4.79 Å². The van der Waals surface area contributed by atoms with Gasteiger partial charge < -0.3 is 9.84 Å². The highest BCUT2D eigenvalue weighted by atomic mass is 16.5. The van der Waals surface area contributed by atoms with Crippen molar-refractivity contribution in [1.29, 1.82) is 0 Å². The van der Waals surface area contributed by atoms with E-state index in [0.29, 0.717) is 11.5 Å². The summed E-state index contributed by atoms with van der Waals surface area (Å²) in [6.07, 6.45) is 3.24. The van der Waals surface area contributed by atoms with Crippen molar-refractivity contribution >= 4 is 11.9 Å². The smallest absolute Gasteiger partial charge is 0.193 e. The van der Waals surface area contributed by atoms with Gasteiger partial charge in [-0.15, -0.1) is 0 Å². The molecule has 0 fully saturated rings. The van der Waals surface area contributed by atoms with Crippen LogP contribution in [0.4, 0.5) is 0 Å². The Morgan fingerprint density at radius 1 is 1.09 bits per heavy atom. The summed E-state index contributed by atoms with van der Waals surface area (Å²) in [4.78, 5) is 11.8. The Kier molecular flexibility index (Phi) is 4.99. The zero-order valence-electron chi connectivity index (χ0n) is 13.1. The van der Waals surface area contributed by atoms with E-state index in [1.54, 1.807) is 6.08 Å². The maximum absolute atomic E-state index is 11.8. The first-order chi connectivity index (χ1) is 10.5. The van der Waals surface area contributed by atoms with Gasteiger partial charge >= 0.3 is 0 Å². The molecule has 0 spiro atoms. The Balaban J connectivity index is 1.95. The lowest BCUT2D eigenvalue weighted by Gasteiger charge is -2.05. The van der Waals surface area contributed by atoms with Crippen LogP contribution in [0.25, 0.3) is 6.08 Å². The van der Waals surface area contributed by atoms with Crippen LogP contribution in [-0.4, -0.2) is 17.5 Å². The van der Waals surface area contributed by atoms with Gasteiger partial charge in [-0.2, -0.15) is 0 Å². The number of rotatable bonds is 5. The summed E-state index contributed by atoms with van der Waals surface area (Å²) in [6.45, 7) is 5.68. The third-order valence-corrected chi connectivity index (χ3v) is 3.38. The van der Waals surface area contributed by atoms with Crippen molar-refractivity contribution in [3.05, 3.63) is 64.7 Å². The molecule has 0 heterocycles. The van der Waals surface area contributed by atoms with E-state index in [-0.39, 0.29) is 12.4 Å². The van der Waals surface area contributed by atoms with Gasteiger partial charge in [-0.05, 0) is 67.8 Å². The molecule has 0 atom stereocenters. The number of phenols is 1. The second-order valence-electron chi connectivity index (χ2n) is 5.40. The first-order valence-electron chi connectivity index (χ1n) is 7.16. The van der Waals surface area contributed by atoms with Gasteiger partial charge in [-0.1, -0.05) is 23.8 Å². The van der Waals surface area contributed by atoms with Crippen LogP contribution in [0.5, 0.6) is 11.5 Å². The second kappa shape index (κ2) is 6.94. The summed E-state index contributed by atoms with van der Waals surface area (Å²) < 4.78 is 5.44. The van der Waals surface area contributed by atoms with Gasteiger partial charge in [0.05, 0.1) is 0 Å². The lowest BCUT2D eigenvalue weighted by atomic mass is 10.1. The average Bonchev–Trinajstić information content (AvgIpc) is 2.50. The number of ether oxygens (including phenoxy) is 1. The summed E-state index contributed by atoms with van der Waals surface area (Å²) in [5.41, 5.74) is 3.62. The van der Waals surface area contributed by atoms with Gasteiger partial charge in [0.25, 0.3) is 0 Å². The van der Waals surface area contributed by atoms with Crippen LogP contribution in [0, 0.1) is 20.8 Å². The molecule has 114 valence electrons. The normalized spacial score (nSPS) is 10.9. The van der Waals surface area contributed by atoms with Gasteiger partial charge in [0.1, 0.15) is 11.5 Å². The van der Waals surface area contributed by atoms with E-state index < -0.39 is 0 Å². The fraction of sp³-hybridized carbons (Fsp3) is 0.211. The predicted molar refractivity (Wildman–Crippen MR) is 88.3 cm³/mol. The third kappa shape index (κ3) is 4.22. The molecule has 0 unspecified atom stereocenters. The molecule has 0 bridgehead atoms. The Morgan fingerprint density at radius 2 is 1.68 bits per heavy atom. The molecule has 0 aliphatic carbocycles. The van der Waals surface area contributed by atoms with E-state index in [0.717, 1.165) is 22.3 Å². The van der Waals surface area contributed by atoms with Crippen LogP contribution < -0.4 is 4.74 Å². The van der Waals surface area contributed by atoms with Crippen molar-refractivity contribution in [2.75, 3.05) is 6.61 Å². The Morgan fingerprint density at radius 3 is 2.27 bits per heavy atom. The first kappa shape index (κ1) is 15.8. The largest absolute Gasteiger partial charge is 0.507 e. The van der Waals surface area contributed by atoms with Gasteiger partial charge in [0.15, 0.2) is 12.4 Å². The molecule has 0 saturated carbocycles. The van der Waals surface area contributed by atoms with Crippen LogP contribution in [0.1, 0.15) is 22.3 Å². The number of aryl methyl sites for hydroxylation is 3. The van der Waals surface area contributed by atoms with Crippen molar-refractivity contribution in [3.63, 3.8) is 0 Å². The van der Waals surface area contributed by atoms with Crippen LogP contribution in [0.2, 0.25) is 0 Å². The van der Waals surface area contributed by atoms with Gasteiger partial charge in [0.2, 0.25) is 0 Å². The molecule has 0 aliphatic heterocycles. The van der Waals surface area contributed by atoms with Crippen LogP contribution in [0.15, 0.2) is 42.5 Å². The van der Waals surface area contributed by atoms with E-state index in [1.807, 2.05) is 57.2 Å². The highest BCUT2D eigenvalue weighted by Gasteiger charge is 2.03. The zero-order valence-corrected chi connectivity index (χ0v) is 13.1. The van der Waals surface area contributed by atoms with Crippen molar-refractivity contribution < 1.29 is 14.6 Å². The van der Waals surface area contributed by atoms with E-state index in [1.165, 1.54) is 6.08 Å². The molecule has 0 saturated heterocycles. The van der Waals surface area contributed by atoms with E-state index >= 15 is 0 Å². The van der Waals surface area contributed by atoms with Crippen LogP contribution >= 0.6 is 0 Å². The molecule has 0 aliphatic rings. The minimum Gasteiger partial charge on any atom is -0.507 e. The highest BCUT2D eigenvalue weighted by molar-refractivity contribution is 5.94. The SMILES string of the molecule is Cc1ccc(OCC(=O)/C=C/c2cc(C)c(O)c(C)c2)cc1. The summed E-state index contributed by atoms with van der Waals surface area (Å²) >= 11 is 0. The zero-order chi connectivity index (χ0) is 16.1. The first-order valence-corrected chi connectivity index (χ1v) is 7.16. The molecule has 3 heteroatoms. The van der Waals surface area contributed by atoms with Crippen molar-refractivity contribution in [3.8, 4) is 11.5 Å². The van der Waals surface area contributed by atoms with Crippen LogP contribution in [0.3, 0.4) is 0 Å². The van der Waals surface area contributed by atoms with Crippen molar-refractivity contribution in [1.82, 2.24) is 0 Å². The predicted octanol–water partition coefficient (Wildman–Crippen LogP) is 3.98. The third-order valence-electron chi connectivity index (χ3n) is 3.38. The topological polar surface area (TPSA) is 46.5 Å². The summed E-state index contributed by atoms with van der Waals surface area (Å²) in [5, 5.41) is 9.73. The molecule has 0 aromatic heterocycles. The van der Waals surface area contributed by atoms with E-state index in [4.69, 9.17) is 4.74 Å². The minimum atomic E-state index is -0.107. The average molecular weight is 296 g/mol. The lowest BCUT2D eigenvalue weighted by molar-refractivity contribution is -0.116. The standard InChI is InChI=1S/C19H20O3/c1-13-4-8-18(9-5-13)22-12-17(20)7-6-16-10-14(2)19(21)15(3)11-16/h4-11,21H,12H2,1-3H3/b7-6+. The number of hydrogen-bond donors (Lipinski definition) is 1. The van der Waals surface area contributed by atoms with E-state index in [9.17, 15) is 9.90 Å². The molecular weight excluding hydrogens is 276 g/mol. The molecule has 0 radical (unpaired) electrons. The number of carbonyl (C=O) groups excluding carboxylic acids is 1. The van der Waals surface area contributed by atoms with Gasteiger partial charge in [0, 0.05) is 0 Å². The fourth-order valence-electron chi connectivity index (χ4n) is 2.11. The molecule has 2 rings (SSSR count). The van der Waals surface area contributed by atoms with Gasteiger partial charge in [-0.25, -0.2) is 0 Å². The number of benzene rings is 2. The number of aromatic hydroxyl groups is 1. The van der Waals surface area contributed by atoms with Crippen molar-refractivity contribution in [2.45, 2.75) is 20.8 Å².